The maximum absolute atomic E-state index is 11.0. The molecule has 0 bridgehead atoms. The van der Waals surface area contributed by atoms with E-state index >= 15 is 0 Å². The Kier molecular flexibility index (Phi) is 3.47. The quantitative estimate of drug-likeness (QED) is 0.654. The lowest BCUT2D eigenvalue weighted by Gasteiger charge is -2.03. The summed E-state index contributed by atoms with van der Waals surface area (Å²) in [5.74, 6) is 0.862. The van der Waals surface area contributed by atoms with Crippen molar-refractivity contribution >= 4 is 11.8 Å². The Morgan fingerprint density at radius 3 is 2.72 bits per heavy atom. The van der Waals surface area contributed by atoms with Gasteiger partial charge in [0.1, 0.15) is 0 Å². The Morgan fingerprint density at radius 2 is 2.17 bits per heavy atom. The summed E-state index contributed by atoms with van der Waals surface area (Å²) in [5.41, 5.74) is 1.07. The third kappa shape index (κ3) is 2.28. The molecule has 0 aromatic heterocycles. The molecule has 18 heavy (non-hydrogen) atoms. The normalized spacial score (nSPS) is 13.8. The summed E-state index contributed by atoms with van der Waals surface area (Å²) >= 11 is 0. The fourth-order valence-corrected chi connectivity index (χ4v) is 1.70. The standard InChI is InChI=1S/C12H13NO5/c1-2-8(6-14)3-9-4-11-12(18-7-17-11)5-10(9)13(15)16/h3-5,14H,2,6-7H2,1H3. The summed E-state index contributed by atoms with van der Waals surface area (Å²) in [6, 6.07) is 2.91. The molecule has 1 heterocycles. The lowest BCUT2D eigenvalue weighted by Crippen LogP contribution is -1.94. The summed E-state index contributed by atoms with van der Waals surface area (Å²) in [6.07, 6.45) is 2.24. The van der Waals surface area contributed by atoms with E-state index in [-0.39, 0.29) is 19.1 Å². The van der Waals surface area contributed by atoms with Crippen LogP contribution in [-0.4, -0.2) is 23.4 Å². The number of benzene rings is 1. The average molecular weight is 251 g/mol. The van der Waals surface area contributed by atoms with Crippen molar-refractivity contribution in [2.24, 2.45) is 0 Å². The van der Waals surface area contributed by atoms with Gasteiger partial charge in [-0.2, -0.15) is 0 Å². The number of fused-ring (bicyclic) bond motifs is 1. The summed E-state index contributed by atoms with van der Waals surface area (Å²) in [7, 11) is 0. The number of aliphatic hydroxyl groups excluding tert-OH is 1. The monoisotopic (exact) mass is 251 g/mol. The molecule has 0 fully saturated rings. The topological polar surface area (TPSA) is 81.8 Å². The molecule has 0 unspecified atom stereocenters. The molecule has 2 rings (SSSR count). The maximum Gasteiger partial charge on any atom is 0.280 e. The minimum Gasteiger partial charge on any atom is -0.454 e. The van der Waals surface area contributed by atoms with E-state index in [1.165, 1.54) is 6.07 Å². The van der Waals surface area contributed by atoms with Crippen molar-refractivity contribution in [2.75, 3.05) is 13.4 Å². The molecular formula is C12H13NO5. The fourth-order valence-electron chi connectivity index (χ4n) is 1.70. The van der Waals surface area contributed by atoms with Crippen LogP contribution in [0.3, 0.4) is 0 Å². The van der Waals surface area contributed by atoms with Gasteiger partial charge in [-0.15, -0.1) is 0 Å². The number of hydrogen-bond donors (Lipinski definition) is 1. The minimum absolute atomic E-state index is 0.0568. The molecule has 1 aliphatic heterocycles. The van der Waals surface area contributed by atoms with E-state index in [0.29, 0.717) is 23.5 Å². The first-order valence-corrected chi connectivity index (χ1v) is 5.54. The number of nitrogens with zero attached hydrogens (tertiary/aromatic N) is 1. The zero-order valence-electron chi connectivity index (χ0n) is 9.88. The second-order valence-corrected chi connectivity index (χ2v) is 3.84. The van der Waals surface area contributed by atoms with Gasteiger partial charge in [0.25, 0.3) is 5.69 Å². The number of ether oxygens (including phenoxy) is 2. The van der Waals surface area contributed by atoms with Crippen LogP contribution in [0.1, 0.15) is 18.9 Å². The fraction of sp³-hybridized carbons (Fsp3) is 0.333. The summed E-state index contributed by atoms with van der Waals surface area (Å²) < 4.78 is 10.3. The highest BCUT2D eigenvalue weighted by atomic mass is 16.7. The molecule has 0 aliphatic carbocycles. The molecule has 1 N–H and O–H groups in total. The molecule has 0 saturated heterocycles. The van der Waals surface area contributed by atoms with Gasteiger partial charge in [-0.25, -0.2) is 0 Å². The van der Waals surface area contributed by atoms with E-state index in [0.717, 1.165) is 5.57 Å². The number of rotatable bonds is 4. The molecule has 0 radical (unpaired) electrons. The van der Waals surface area contributed by atoms with Crippen molar-refractivity contribution in [2.45, 2.75) is 13.3 Å². The van der Waals surface area contributed by atoms with Crippen molar-refractivity contribution in [1.82, 2.24) is 0 Å². The van der Waals surface area contributed by atoms with Crippen molar-refractivity contribution < 1.29 is 19.5 Å². The third-order valence-electron chi connectivity index (χ3n) is 2.74. The van der Waals surface area contributed by atoms with Crippen LogP contribution in [0.4, 0.5) is 5.69 Å². The summed E-state index contributed by atoms with van der Waals surface area (Å²) in [6.45, 7) is 1.82. The second kappa shape index (κ2) is 5.05. The predicted octanol–water partition coefficient (Wildman–Crippen LogP) is 2.11. The van der Waals surface area contributed by atoms with Gasteiger partial charge in [0.15, 0.2) is 11.5 Å². The van der Waals surface area contributed by atoms with Crippen LogP contribution in [0.2, 0.25) is 0 Å². The molecule has 0 amide bonds. The van der Waals surface area contributed by atoms with Crippen LogP contribution in [0.5, 0.6) is 11.5 Å². The van der Waals surface area contributed by atoms with Gasteiger partial charge in [-0.3, -0.25) is 10.1 Å². The first-order chi connectivity index (χ1) is 8.65. The first-order valence-electron chi connectivity index (χ1n) is 5.54. The van der Waals surface area contributed by atoms with Crippen LogP contribution >= 0.6 is 0 Å². The Balaban J connectivity index is 2.51. The van der Waals surface area contributed by atoms with Crippen molar-refractivity contribution in [3.63, 3.8) is 0 Å². The zero-order chi connectivity index (χ0) is 13.1. The van der Waals surface area contributed by atoms with Crippen LogP contribution < -0.4 is 9.47 Å². The predicted molar refractivity (Wildman–Crippen MR) is 64.6 cm³/mol. The van der Waals surface area contributed by atoms with E-state index in [9.17, 15) is 10.1 Å². The van der Waals surface area contributed by atoms with Crippen LogP contribution in [0.25, 0.3) is 6.08 Å². The molecule has 6 nitrogen and oxygen atoms in total. The highest BCUT2D eigenvalue weighted by Gasteiger charge is 2.22. The van der Waals surface area contributed by atoms with Crippen LogP contribution in [-0.2, 0) is 0 Å². The Labute approximate surface area is 104 Å². The minimum atomic E-state index is -0.474. The molecule has 0 atom stereocenters. The molecule has 0 spiro atoms. The highest BCUT2D eigenvalue weighted by molar-refractivity contribution is 5.68. The van der Waals surface area contributed by atoms with E-state index < -0.39 is 4.92 Å². The largest absolute Gasteiger partial charge is 0.454 e. The third-order valence-corrected chi connectivity index (χ3v) is 2.74. The number of hydrogen-bond acceptors (Lipinski definition) is 5. The van der Waals surface area contributed by atoms with Crippen molar-refractivity contribution in [1.29, 1.82) is 0 Å². The van der Waals surface area contributed by atoms with E-state index in [2.05, 4.69) is 0 Å². The van der Waals surface area contributed by atoms with Crippen molar-refractivity contribution in [3.8, 4) is 11.5 Å². The second-order valence-electron chi connectivity index (χ2n) is 3.84. The highest BCUT2D eigenvalue weighted by Crippen LogP contribution is 2.38. The number of nitro benzene ring substituents is 1. The average Bonchev–Trinajstić information content (AvgIpc) is 2.81. The lowest BCUT2D eigenvalue weighted by molar-refractivity contribution is -0.385. The Morgan fingerprint density at radius 1 is 1.50 bits per heavy atom. The molecular weight excluding hydrogens is 238 g/mol. The summed E-state index contributed by atoms with van der Waals surface area (Å²) in [5, 5.41) is 20.1. The molecule has 6 heteroatoms. The van der Waals surface area contributed by atoms with Gasteiger partial charge >= 0.3 is 0 Å². The van der Waals surface area contributed by atoms with Gasteiger partial charge in [-0.05, 0) is 24.1 Å². The van der Waals surface area contributed by atoms with Gasteiger partial charge in [0.05, 0.1) is 23.2 Å². The smallest absolute Gasteiger partial charge is 0.280 e. The van der Waals surface area contributed by atoms with Crippen LogP contribution in [0.15, 0.2) is 17.7 Å². The van der Waals surface area contributed by atoms with E-state index in [1.54, 1.807) is 12.1 Å². The SMILES string of the molecule is CCC(=Cc1cc2c(cc1[N+](=O)[O-])OCO2)CO. The number of aliphatic hydroxyl groups is 1. The lowest BCUT2D eigenvalue weighted by atomic mass is 10.1. The Hall–Kier alpha value is -2.08. The molecule has 1 aromatic rings. The molecule has 1 aromatic carbocycles. The zero-order valence-corrected chi connectivity index (χ0v) is 9.88. The summed E-state index contributed by atoms with van der Waals surface area (Å²) in [4.78, 5) is 10.5. The first kappa shape index (κ1) is 12.4. The van der Waals surface area contributed by atoms with Crippen molar-refractivity contribution in [3.05, 3.63) is 33.4 Å². The molecule has 1 aliphatic rings. The molecule has 96 valence electrons. The van der Waals surface area contributed by atoms with Gasteiger partial charge in [0, 0.05) is 0 Å². The number of nitro groups is 1. The maximum atomic E-state index is 11.0. The van der Waals surface area contributed by atoms with Gasteiger partial charge < -0.3 is 14.6 Å². The van der Waals surface area contributed by atoms with Gasteiger partial charge in [0.2, 0.25) is 6.79 Å². The Bertz CT molecular complexity index is 503. The van der Waals surface area contributed by atoms with Crippen LogP contribution in [0, 0.1) is 10.1 Å². The van der Waals surface area contributed by atoms with E-state index in [1.807, 2.05) is 6.92 Å². The molecule has 0 saturated carbocycles. The van der Waals surface area contributed by atoms with E-state index in [4.69, 9.17) is 14.6 Å². The van der Waals surface area contributed by atoms with Gasteiger partial charge in [-0.1, -0.05) is 6.92 Å².